The monoisotopic (exact) mass is 363 g/mol. The zero-order valence-corrected chi connectivity index (χ0v) is 15.5. The number of ketones is 1. The summed E-state index contributed by atoms with van der Waals surface area (Å²) in [6.45, 7) is 2.01. The van der Waals surface area contributed by atoms with Crippen LogP contribution in [0.4, 0.5) is 0 Å². The third-order valence-corrected chi connectivity index (χ3v) is 4.84. The second-order valence-corrected chi connectivity index (χ2v) is 6.41. The van der Waals surface area contributed by atoms with Gasteiger partial charge in [-0.3, -0.25) is 9.59 Å². The van der Waals surface area contributed by atoms with Crippen molar-refractivity contribution in [2.24, 2.45) is 0 Å². The van der Waals surface area contributed by atoms with Crippen LogP contribution in [0.15, 0.2) is 24.3 Å². The summed E-state index contributed by atoms with van der Waals surface area (Å²) in [5.41, 5.74) is 0.421. The van der Waals surface area contributed by atoms with E-state index in [0.717, 1.165) is 9.75 Å². The van der Waals surface area contributed by atoms with Crippen molar-refractivity contribution in [3.8, 4) is 17.2 Å². The van der Waals surface area contributed by atoms with Crippen molar-refractivity contribution in [2.45, 2.75) is 13.3 Å². The van der Waals surface area contributed by atoms with Gasteiger partial charge in [-0.05, 0) is 37.6 Å². The predicted molar refractivity (Wildman–Crippen MR) is 96.5 cm³/mol. The minimum absolute atomic E-state index is 0.0534. The average Bonchev–Trinajstić information content (AvgIpc) is 3.09. The fourth-order valence-corrected chi connectivity index (χ4v) is 3.22. The molecule has 2 aromatic rings. The minimum atomic E-state index is -0.234. The molecule has 0 atom stereocenters. The Balaban J connectivity index is 2.03. The summed E-state index contributed by atoms with van der Waals surface area (Å²) >= 11 is 1.45. The highest BCUT2D eigenvalue weighted by molar-refractivity contribution is 7.14. The summed E-state index contributed by atoms with van der Waals surface area (Å²) in [5.74, 6) is 1.12. The van der Waals surface area contributed by atoms with Gasteiger partial charge in [-0.2, -0.15) is 0 Å². The number of hydrogen-bond acceptors (Lipinski definition) is 6. The van der Waals surface area contributed by atoms with Gasteiger partial charge in [0.15, 0.2) is 17.3 Å². The summed E-state index contributed by atoms with van der Waals surface area (Å²) in [5, 5.41) is 2.86. The molecule has 1 aromatic heterocycles. The lowest BCUT2D eigenvalue weighted by Crippen LogP contribution is -2.25. The average molecular weight is 363 g/mol. The smallest absolute Gasteiger partial charge is 0.251 e. The number of ether oxygens (including phenoxy) is 3. The Morgan fingerprint density at radius 3 is 2.16 bits per heavy atom. The number of Topliss-reactive ketones (excluding diaryl/α,β-unsaturated/α-hetero) is 1. The van der Waals surface area contributed by atoms with Crippen LogP contribution in [0.2, 0.25) is 0 Å². The molecule has 0 aliphatic rings. The lowest BCUT2D eigenvalue weighted by molar-refractivity contribution is 0.0952. The highest BCUT2D eigenvalue weighted by Crippen LogP contribution is 2.38. The SMILES string of the molecule is COc1cc(C(=O)NCCc2ccc(C(C)=O)s2)cc(OC)c1OC. The largest absolute Gasteiger partial charge is 0.493 e. The fraction of sp³-hybridized carbons (Fsp3) is 0.333. The van der Waals surface area contributed by atoms with Crippen LogP contribution in [-0.2, 0) is 6.42 Å². The molecular weight excluding hydrogens is 342 g/mol. The molecule has 134 valence electrons. The quantitative estimate of drug-likeness (QED) is 0.730. The van der Waals surface area contributed by atoms with E-state index >= 15 is 0 Å². The van der Waals surface area contributed by atoms with Crippen molar-refractivity contribution in [1.29, 1.82) is 0 Å². The van der Waals surface area contributed by atoms with E-state index in [9.17, 15) is 9.59 Å². The van der Waals surface area contributed by atoms with Crippen molar-refractivity contribution in [2.75, 3.05) is 27.9 Å². The third kappa shape index (κ3) is 4.51. The maximum absolute atomic E-state index is 12.4. The highest BCUT2D eigenvalue weighted by Gasteiger charge is 2.16. The van der Waals surface area contributed by atoms with E-state index in [1.54, 1.807) is 19.1 Å². The van der Waals surface area contributed by atoms with Gasteiger partial charge in [-0.1, -0.05) is 0 Å². The van der Waals surface area contributed by atoms with Crippen molar-refractivity contribution in [3.63, 3.8) is 0 Å². The predicted octanol–water partition coefficient (Wildman–Crippen LogP) is 2.95. The molecule has 1 aromatic carbocycles. The van der Waals surface area contributed by atoms with Gasteiger partial charge in [0.05, 0.1) is 26.2 Å². The Morgan fingerprint density at radius 1 is 1.04 bits per heavy atom. The molecule has 1 heterocycles. The molecular formula is C18H21NO5S. The van der Waals surface area contributed by atoms with Gasteiger partial charge >= 0.3 is 0 Å². The molecule has 0 radical (unpaired) electrons. The van der Waals surface area contributed by atoms with Gasteiger partial charge < -0.3 is 19.5 Å². The second-order valence-electron chi connectivity index (χ2n) is 5.24. The molecule has 0 saturated heterocycles. The molecule has 7 heteroatoms. The molecule has 1 N–H and O–H groups in total. The Kier molecular flexibility index (Phi) is 6.41. The van der Waals surface area contributed by atoms with Crippen LogP contribution in [0.5, 0.6) is 17.2 Å². The summed E-state index contributed by atoms with van der Waals surface area (Å²) in [4.78, 5) is 25.5. The maximum Gasteiger partial charge on any atom is 0.251 e. The molecule has 0 spiro atoms. The van der Waals surface area contributed by atoms with Crippen LogP contribution in [0.1, 0.15) is 31.8 Å². The molecule has 0 aliphatic heterocycles. The Labute approximate surface area is 150 Å². The van der Waals surface area contributed by atoms with Crippen LogP contribution in [0.25, 0.3) is 0 Å². The second kappa shape index (κ2) is 8.53. The van der Waals surface area contributed by atoms with Crippen molar-refractivity contribution >= 4 is 23.0 Å². The van der Waals surface area contributed by atoms with Gasteiger partial charge in [-0.25, -0.2) is 0 Å². The van der Waals surface area contributed by atoms with Crippen LogP contribution in [-0.4, -0.2) is 39.6 Å². The van der Waals surface area contributed by atoms with Gasteiger partial charge in [-0.15, -0.1) is 11.3 Å². The normalized spacial score (nSPS) is 10.2. The fourth-order valence-electron chi connectivity index (χ4n) is 2.31. The van der Waals surface area contributed by atoms with Crippen LogP contribution >= 0.6 is 11.3 Å². The number of carbonyl (C=O) groups is 2. The Hall–Kier alpha value is -2.54. The van der Waals surface area contributed by atoms with E-state index in [4.69, 9.17) is 14.2 Å². The first-order valence-electron chi connectivity index (χ1n) is 7.68. The zero-order valence-electron chi connectivity index (χ0n) is 14.7. The maximum atomic E-state index is 12.4. The number of nitrogens with one attached hydrogen (secondary N) is 1. The number of amides is 1. The molecule has 0 saturated carbocycles. The lowest BCUT2D eigenvalue weighted by Gasteiger charge is -2.14. The first-order valence-corrected chi connectivity index (χ1v) is 8.49. The molecule has 6 nitrogen and oxygen atoms in total. The summed E-state index contributed by atoms with van der Waals surface area (Å²) in [6, 6.07) is 6.93. The molecule has 0 fully saturated rings. The lowest BCUT2D eigenvalue weighted by atomic mass is 10.1. The van der Waals surface area contributed by atoms with E-state index < -0.39 is 0 Å². The number of benzene rings is 1. The molecule has 25 heavy (non-hydrogen) atoms. The number of thiophene rings is 1. The van der Waals surface area contributed by atoms with Crippen molar-refractivity contribution in [1.82, 2.24) is 5.32 Å². The van der Waals surface area contributed by atoms with E-state index in [1.807, 2.05) is 12.1 Å². The zero-order chi connectivity index (χ0) is 18.4. The summed E-state index contributed by atoms with van der Waals surface area (Å²) in [6.07, 6.45) is 0.661. The third-order valence-electron chi connectivity index (χ3n) is 3.59. The van der Waals surface area contributed by atoms with Gasteiger partial charge in [0.2, 0.25) is 5.75 Å². The molecule has 1 amide bonds. The first-order chi connectivity index (χ1) is 12.0. The standard InChI is InChI=1S/C18H21NO5S/c1-11(20)16-6-5-13(25-16)7-8-19-18(21)12-9-14(22-2)17(24-4)15(10-12)23-3/h5-6,9-10H,7-8H2,1-4H3,(H,19,21). The first kappa shape index (κ1) is 18.8. The van der Waals surface area contributed by atoms with E-state index in [2.05, 4.69) is 5.32 Å². The molecule has 0 bridgehead atoms. The number of methoxy groups -OCH3 is 3. The number of rotatable bonds is 8. The number of carbonyl (C=O) groups excluding carboxylic acids is 2. The number of hydrogen-bond donors (Lipinski definition) is 1. The van der Waals surface area contributed by atoms with Crippen LogP contribution in [0.3, 0.4) is 0 Å². The van der Waals surface area contributed by atoms with E-state index in [-0.39, 0.29) is 11.7 Å². The highest BCUT2D eigenvalue weighted by atomic mass is 32.1. The van der Waals surface area contributed by atoms with E-state index in [0.29, 0.717) is 35.8 Å². The summed E-state index contributed by atoms with van der Waals surface area (Å²) in [7, 11) is 4.52. The van der Waals surface area contributed by atoms with Crippen LogP contribution < -0.4 is 19.5 Å². The summed E-state index contributed by atoms with van der Waals surface area (Å²) < 4.78 is 15.8. The van der Waals surface area contributed by atoms with Crippen molar-refractivity contribution < 1.29 is 23.8 Å². The molecule has 0 unspecified atom stereocenters. The Bertz CT molecular complexity index is 744. The van der Waals surface area contributed by atoms with E-state index in [1.165, 1.54) is 32.7 Å². The Morgan fingerprint density at radius 2 is 1.68 bits per heavy atom. The van der Waals surface area contributed by atoms with Crippen molar-refractivity contribution in [3.05, 3.63) is 39.6 Å². The van der Waals surface area contributed by atoms with Gasteiger partial charge in [0.25, 0.3) is 5.91 Å². The minimum Gasteiger partial charge on any atom is -0.493 e. The molecule has 0 aliphatic carbocycles. The van der Waals surface area contributed by atoms with Crippen LogP contribution in [0, 0.1) is 0 Å². The molecule has 2 rings (SSSR count). The van der Waals surface area contributed by atoms with Gasteiger partial charge in [0, 0.05) is 17.0 Å². The topological polar surface area (TPSA) is 73.9 Å². The van der Waals surface area contributed by atoms with Gasteiger partial charge in [0.1, 0.15) is 0 Å².